The Morgan fingerprint density at radius 3 is 2.95 bits per heavy atom. The van der Waals surface area contributed by atoms with E-state index in [2.05, 4.69) is 33.5 Å². The lowest BCUT2D eigenvalue weighted by Crippen LogP contribution is -2.11. The first-order chi connectivity index (χ1) is 9.60. The van der Waals surface area contributed by atoms with Gasteiger partial charge in [-0.15, -0.1) is 0 Å². The normalized spacial score (nSPS) is 22.5. The van der Waals surface area contributed by atoms with Gasteiger partial charge in [-0.3, -0.25) is 4.79 Å². The number of rotatable bonds is 3. The van der Waals surface area contributed by atoms with E-state index in [-0.39, 0.29) is 11.8 Å². The maximum absolute atomic E-state index is 11.1. The fourth-order valence-corrected chi connectivity index (χ4v) is 3.55. The Morgan fingerprint density at radius 2 is 2.30 bits per heavy atom. The van der Waals surface area contributed by atoms with Gasteiger partial charge < -0.3 is 9.67 Å². The average molecular weight is 337 g/mol. The lowest BCUT2D eigenvalue weighted by atomic mass is 10.0. The second-order valence-corrected chi connectivity index (χ2v) is 6.31. The maximum atomic E-state index is 11.1. The van der Waals surface area contributed by atoms with Gasteiger partial charge in [0.1, 0.15) is 5.82 Å². The number of aliphatic carboxylic acids is 1. The molecule has 0 spiro atoms. The van der Waals surface area contributed by atoms with E-state index in [0.29, 0.717) is 6.42 Å². The molecule has 2 atom stereocenters. The highest BCUT2D eigenvalue weighted by Gasteiger charge is 2.33. The van der Waals surface area contributed by atoms with Crippen molar-refractivity contribution in [2.24, 2.45) is 5.92 Å². The fraction of sp³-hybridized carbons (Fsp3) is 0.467. The van der Waals surface area contributed by atoms with Crippen LogP contribution in [0.4, 0.5) is 0 Å². The second-order valence-electron chi connectivity index (χ2n) is 5.39. The lowest BCUT2D eigenvalue weighted by molar-refractivity contribution is -0.141. The minimum Gasteiger partial charge on any atom is -0.481 e. The first kappa shape index (κ1) is 13.6. The van der Waals surface area contributed by atoms with Gasteiger partial charge in [-0.05, 0) is 44.4 Å². The minimum atomic E-state index is -0.672. The third-order valence-electron chi connectivity index (χ3n) is 4.20. The summed E-state index contributed by atoms with van der Waals surface area (Å²) in [5.74, 6) is 0.429. The molecule has 5 heteroatoms. The van der Waals surface area contributed by atoms with Gasteiger partial charge in [0, 0.05) is 16.9 Å². The molecular weight excluding hydrogens is 320 g/mol. The molecule has 4 nitrogen and oxygen atoms in total. The third-order valence-corrected chi connectivity index (χ3v) is 4.70. The zero-order chi connectivity index (χ0) is 14.3. The summed E-state index contributed by atoms with van der Waals surface area (Å²) >= 11 is 3.47. The van der Waals surface area contributed by atoms with Gasteiger partial charge in [0.15, 0.2) is 0 Å². The Kier molecular flexibility index (Phi) is 3.54. The van der Waals surface area contributed by atoms with Gasteiger partial charge in [-0.2, -0.15) is 0 Å². The van der Waals surface area contributed by atoms with Gasteiger partial charge in [0.2, 0.25) is 0 Å². The molecule has 3 rings (SSSR count). The van der Waals surface area contributed by atoms with Crippen LogP contribution in [0.2, 0.25) is 0 Å². The number of hydrogen-bond acceptors (Lipinski definition) is 2. The van der Waals surface area contributed by atoms with Crippen LogP contribution >= 0.6 is 15.9 Å². The molecule has 1 aromatic heterocycles. The molecule has 0 bridgehead atoms. The highest BCUT2D eigenvalue weighted by atomic mass is 79.9. The van der Waals surface area contributed by atoms with E-state index < -0.39 is 5.97 Å². The smallest absolute Gasteiger partial charge is 0.306 e. The molecule has 0 saturated heterocycles. The topological polar surface area (TPSA) is 55.1 Å². The van der Waals surface area contributed by atoms with Crippen molar-refractivity contribution in [3.8, 4) is 0 Å². The van der Waals surface area contributed by atoms with Crippen LogP contribution in [0.1, 0.15) is 37.9 Å². The van der Waals surface area contributed by atoms with Crippen molar-refractivity contribution >= 4 is 32.9 Å². The van der Waals surface area contributed by atoms with Crippen molar-refractivity contribution in [2.75, 3.05) is 0 Å². The maximum Gasteiger partial charge on any atom is 0.306 e. The number of hydrogen-bond donors (Lipinski definition) is 1. The van der Waals surface area contributed by atoms with Gasteiger partial charge in [-0.1, -0.05) is 15.9 Å². The Labute approximate surface area is 125 Å². The van der Waals surface area contributed by atoms with Crippen molar-refractivity contribution in [1.29, 1.82) is 0 Å². The van der Waals surface area contributed by atoms with E-state index >= 15 is 0 Å². The number of carboxylic acid groups (broad SMARTS) is 1. The van der Waals surface area contributed by atoms with Crippen LogP contribution in [-0.4, -0.2) is 20.6 Å². The van der Waals surface area contributed by atoms with Crippen molar-refractivity contribution in [2.45, 2.75) is 38.6 Å². The summed E-state index contributed by atoms with van der Waals surface area (Å²) in [5.41, 5.74) is 2.11. The largest absolute Gasteiger partial charge is 0.481 e. The van der Waals surface area contributed by atoms with E-state index in [1.165, 1.54) is 0 Å². The predicted octanol–water partition coefficient (Wildman–Crippen LogP) is 3.79. The van der Waals surface area contributed by atoms with Crippen LogP contribution in [0, 0.1) is 5.92 Å². The molecular formula is C15H17BrN2O2. The Balaban J connectivity index is 2.01. The molecule has 0 radical (unpaired) electrons. The minimum absolute atomic E-state index is 0.211. The van der Waals surface area contributed by atoms with Gasteiger partial charge in [0.05, 0.1) is 17.0 Å². The van der Waals surface area contributed by atoms with E-state index in [1.807, 2.05) is 12.1 Å². The summed E-state index contributed by atoms with van der Waals surface area (Å²) in [4.78, 5) is 15.9. The van der Waals surface area contributed by atoms with Gasteiger partial charge >= 0.3 is 5.97 Å². The molecule has 1 fully saturated rings. The van der Waals surface area contributed by atoms with Crippen LogP contribution < -0.4 is 0 Å². The van der Waals surface area contributed by atoms with Crippen LogP contribution in [-0.2, 0) is 11.3 Å². The summed E-state index contributed by atoms with van der Waals surface area (Å²) in [6.07, 6.45) is 2.39. The molecule has 1 saturated carbocycles. The molecule has 20 heavy (non-hydrogen) atoms. The van der Waals surface area contributed by atoms with E-state index in [0.717, 1.165) is 40.7 Å². The lowest BCUT2D eigenvalue weighted by Gasteiger charge is -2.12. The van der Waals surface area contributed by atoms with E-state index in [1.54, 1.807) is 0 Å². The summed E-state index contributed by atoms with van der Waals surface area (Å²) < 4.78 is 3.24. The Morgan fingerprint density at radius 1 is 1.50 bits per heavy atom. The van der Waals surface area contributed by atoms with Crippen LogP contribution in [0.3, 0.4) is 0 Å². The van der Waals surface area contributed by atoms with Crippen LogP contribution in [0.25, 0.3) is 11.0 Å². The average Bonchev–Trinajstić information content (AvgIpc) is 3.01. The number of carboxylic acids is 1. The second kappa shape index (κ2) is 5.20. The molecule has 2 aromatic rings. The summed E-state index contributed by atoms with van der Waals surface area (Å²) in [5, 5.41) is 9.15. The zero-order valence-electron chi connectivity index (χ0n) is 11.3. The number of nitrogens with zero attached hydrogens (tertiary/aromatic N) is 2. The molecule has 1 heterocycles. The predicted molar refractivity (Wildman–Crippen MR) is 80.8 cm³/mol. The molecule has 1 aromatic carbocycles. The number of imidazole rings is 1. The quantitative estimate of drug-likeness (QED) is 0.927. The molecule has 2 unspecified atom stereocenters. The van der Waals surface area contributed by atoms with Crippen molar-refractivity contribution in [3.63, 3.8) is 0 Å². The van der Waals surface area contributed by atoms with Crippen LogP contribution in [0.5, 0.6) is 0 Å². The van der Waals surface area contributed by atoms with Crippen molar-refractivity contribution < 1.29 is 9.90 Å². The molecule has 1 N–H and O–H groups in total. The first-order valence-corrected chi connectivity index (χ1v) is 7.78. The SMILES string of the molecule is CCn1c(C2CCC(C(=O)O)C2)nc2cc(Br)ccc21. The van der Waals surface area contributed by atoms with E-state index in [9.17, 15) is 4.79 Å². The fourth-order valence-electron chi connectivity index (χ4n) is 3.21. The standard InChI is InChI=1S/C15H17BrN2O2/c1-2-18-13-6-5-11(16)8-12(13)17-14(18)9-3-4-10(7-9)15(19)20/h5-6,8-10H,2-4,7H2,1H3,(H,19,20). The molecule has 1 aliphatic carbocycles. The molecule has 0 amide bonds. The number of aromatic nitrogens is 2. The summed E-state index contributed by atoms with van der Waals surface area (Å²) in [6.45, 7) is 2.97. The van der Waals surface area contributed by atoms with Gasteiger partial charge in [0.25, 0.3) is 0 Å². The highest BCUT2D eigenvalue weighted by Crippen LogP contribution is 2.39. The number of benzene rings is 1. The molecule has 106 valence electrons. The van der Waals surface area contributed by atoms with Crippen molar-refractivity contribution in [3.05, 3.63) is 28.5 Å². The zero-order valence-corrected chi connectivity index (χ0v) is 12.9. The summed E-state index contributed by atoms with van der Waals surface area (Å²) in [7, 11) is 0. The number of halogens is 1. The summed E-state index contributed by atoms with van der Waals surface area (Å²) in [6, 6.07) is 6.12. The van der Waals surface area contributed by atoms with Crippen molar-refractivity contribution in [1.82, 2.24) is 9.55 Å². The molecule has 0 aliphatic heterocycles. The first-order valence-electron chi connectivity index (χ1n) is 6.98. The Hall–Kier alpha value is -1.36. The monoisotopic (exact) mass is 336 g/mol. The number of aryl methyl sites for hydroxylation is 1. The molecule has 1 aliphatic rings. The van der Waals surface area contributed by atoms with Crippen LogP contribution in [0.15, 0.2) is 22.7 Å². The Bertz CT molecular complexity index is 665. The number of carbonyl (C=O) groups is 1. The third kappa shape index (κ3) is 2.24. The highest BCUT2D eigenvalue weighted by molar-refractivity contribution is 9.10. The number of fused-ring (bicyclic) bond motifs is 1. The van der Waals surface area contributed by atoms with Gasteiger partial charge in [-0.25, -0.2) is 4.98 Å². The van der Waals surface area contributed by atoms with E-state index in [4.69, 9.17) is 10.1 Å².